The molecule has 3 atom stereocenters. The van der Waals surface area contributed by atoms with Crippen LogP contribution in [0.15, 0.2) is 18.2 Å². The molecule has 0 bridgehead atoms. The van der Waals surface area contributed by atoms with Crippen LogP contribution in [0.5, 0.6) is 5.75 Å². The second-order valence-electron chi connectivity index (χ2n) is 5.07. The molecule has 3 unspecified atom stereocenters. The first-order valence-corrected chi connectivity index (χ1v) is 6.85. The van der Waals surface area contributed by atoms with E-state index in [4.69, 9.17) is 4.74 Å². The molecule has 0 saturated heterocycles. The van der Waals surface area contributed by atoms with Crippen LogP contribution < -0.4 is 10.1 Å². The van der Waals surface area contributed by atoms with Gasteiger partial charge in [0.05, 0.1) is 0 Å². The number of halogens is 1. The van der Waals surface area contributed by atoms with Gasteiger partial charge in [-0.1, -0.05) is 33.3 Å². The van der Waals surface area contributed by atoms with Crippen molar-refractivity contribution in [3.05, 3.63) is 29.6 Å². The SMILES string of the molecule is CCNC1CC(C(C)CC)Oc2cc(F)ccc21. The monoisotopic (exact) mass is 251 g/mol. The Bertz CT molecular complexity index is 407. The zero-order valence-electron chi connectivity index (χ0n) is 11.4. The van der Waals surface area contributed by atoms with Gasteiger partial charge in [0.25, 0.3) is 0 Å². The summed E-state index contributed by atoms with van der Waals surface area (Å²) in [6.07, 6.45) is 2.21. The summed E-state index contributed by atoms with van der Waals surface area (Å²) in [6.45, 7) is 7.36. The predicted octanol–water partition coefficient (Wildman–Crippen LogP) is 3.67. The van der Waals surface area contributed by atoms with E-state index in [9.17, 15) is 4.39 Å². The number of ether oxygens (including phenoxy) is 1. The number of fused-ring (bicyclic) bond motifs is 1. The van der Waals surface area contributed by atoms with Crippen LogP contribution >= 0.6 is 0 Å². The quantitative estimate of drug-likeness (QED) is 0.881. The van der Waals surface area contributed by atoms with E-state index < -0.39 is 0 Å². The van der Waals surface area contributed by atoms with Crippen molar-refractivity contribution in [2.45, 2.75) is 45.8 Å². The van der Waals surface area contributed by atoms with Crippen LogP contribution in [-0.2, 0) is 0 Å². The number of hydrogen-bond donors (Lipinski definition) is 1. The molecule has 1 aromatic carbocycles. The van der Waals surface area contributed by atoms with Crippen LogP contribution in [0.1, 0.15) is 45.2 Å². The molecular formula is C15H22FNO. The third-order valence-electron chi connectivity index (χ3n) is 3.83. The molecule has 1 N–H and O–H groups in total. The molecule has 3 heteroatoms. The van der Waals surface area contributed by atoms with Gasteiger partial charge >= 0.3 is 0 Å². The van der Waals surface area contributed by atoms with Crippen LogP contribution in [-0.4, -0.2) is 12.6 Å². The molecule has 18 heavy (non-hydrogen) atoms. The van der Waals surface area contributed by atoms with Crippen molar-refractivity contribution >= 4 is 0 Å². The zero-order valence-corrected chi connectivity index (χ0v) is 11.4. The highest BCUT2D eigenvalue weighted by atomic mass is 19.1. The van der Waals surface area contributed by atoms with Crippen molar-refractivity contribution < 1.29 is 9.13 Å². The van der Waals surface area contributed by atoms with Gasteiger partial charge in [-0.3, -0.25) is 0 Å². The summed E-state index contributed by atoms with van der Waals surface area (Å²) < 4.78 is 19.3. The smallest absolute Gasteiger partial charge is 0.127 e. The second kappa shape index (κ2) is 5.70. The molecule has 0 amide bonds. The Labute approximate surface area is 109 Å². The molecule has 1 aliphatic heterocycles. The number of benzene rings is 1. The fourth-order valence-electron chi connectivity index (χ4n) is 2.52. The lowest BCUT2D eigenvalue weighted by Gasteiger charge is -2.35. The molecule has 100 valence electrons. The standard InChI is InChI=1S/C15H22FNO/c1-4-10(3)14-9-13(17-5-2)12-7-6-11(16)8-15(12)18-14/h6-8,10,13-14,17H,4-5,9H2,1-3H3. The summed E-state index contributed by atoms with van der Waals surface area (Å²) in [5.41, 5.74) is 1.08. The van der Waals surface area contributed by atoms with Gasteiger partial charge < -0.3 is 10.1 Å². The van der Waals surface area contributed by atoms with Gasteiger partial charge in [0.2, 0.25) is 0 Å². The Kier molecular flexibility index (Phi) is 4.23. The molecule has 0 aromatic heterocycles. The first-order valence-electron chi connectivity index (χ1n) is 6.85. The summed E-state index contributed by atoms with van der Waals surface area (Å²) >= 11 is 0. The summed E-state index contributed by atoms with van der Waals surface area (Å²) in [7, 11) is 0. The van der Waals surface area contributed by atoms with E-state index in [2.05, 4.69) is 26.1 Å². The van der Waals surface area contributed by atoms with E-state index in [0.717, 1.165) is 24.9 Å². The van der Waals surface area contributed by atoms with E-state index in [-0.39, 0.29) is 18.0 Å². The molecule has 0 fully saturated rings. The number of hydrogen-bond acceptors (Lipinski definition) is 2. The van der Waals surface area contributed by atoms with E-state index >= 15 is 0 Å². The molecule has 0 aliphatic carbocycles. The van der Waals surface area contributed by atoms with Gasteiger partial charge in [-0.15, -0.1) is 0 Å². The van der Waals surface area contributed by atoms with E-state index in [0.29, 0.717) is 11.7 Å². The van der Waals surface area contributed by atoms with Gasteiger partial charge in [-0.2, -0.15) is 0 Å². The first-order chi connectivity index (χ1) is 8.65. The fourth-order valence-corrected chi connectivity index (χ4v) is 2.52. The normalized spacial score (nSPS) is 24.2. The van der Waals surface area contributed by atoms with E-state index in [1.165, 1.54) is 12.1 Å². The average Bonchev–Trinajstić information content (AvgIpc) is 2.37. The molecule has 1 aliphatic rings. The summed E-state index contributed by atoms with van der Waals surface area (Å²) in [6, 6.07) is 5.13. The summed E-state index contributed by atoms with van der Waals surface area (Å²) in [4.78, 5) is 0. The third kappa shape index (κ3) is 2.66. The Hall–Kier alpha value is -1.09. The molecular weight excluding hydrogens is 229 g/mol. The average molecular weight is 251 g/mol. The van der Waals surface area contributed by atoms with Crippen molar-refractivity contribution in [2.24, 2.45) is 5.92 Å². The summed E-state index contributed by atoms with van der Waals surface area (Å²) in [5.74, 6) is 0.967. The highest BCUT2D eigenvalue weighted by Gasteiger charge is 2.30. The molecule has 1 aromatic rings. The molecule has 1 heterocycles. The molecule has 2 rings (SSSR count). The van der Waals surface area contributed by atoms with Crippen LogP contribution in [0.4, 0.5) is 4.39 Å². The lowest BCUT2D eigenvalue weighted by molar-refractivity contribution is 0.0979. The van der Waals surface area contributed by atoms with Crippen molar-refractivity contribution in [1.29, 1.82) is 0 Å². The topological polar surface area (TPSA) is 21.3 Å². The highest BCUT2D eigenvalue weighted by Crippen LogP contribution is 2.37. The highest BCUT2D eigenvalue weighted by molar-refractivity contribution is 5.38. The van der Waals surface area contributed by atoms with Gasteiger partial charge in [-0.05, 0) is 18.5 Å². The third-order valence-corrected chi connectivity index (χ3v) is 3.83. The number of nitrogens with one attached hydrogen (secondary N) is 1. The fraction of sp³-hybridized carbons (Fsp3) is 0.600. The van der Waals surface area contributed by atoms with Gasteiger partial charge in [0, 0.05) is 24.1 Å². The van der Waals surface area contributed by atoms with Crippen LogP contribution in [0, 0.1) is 11.7 Å². The molecule has 0 spiro atoms. The molecule has 2 nitrogen and oxygen atoms in total. The van der Waals surface area contributed by atoms with E-state index in [1.807, 2.05) is 6.07 Å². The van der Waals surface area contributed by atoms with Gasteiger partial charge in [0.15, 0.2) is 0 Å². The maximum Gasteiger partial charge on any atom is 0.127 e. The van der Waals surface area contributed by atoms with Crippen LogP contribution in [0.25, 0.3) is 0 Å². The lowest BCUT2D eigenvalue weighted by Crippen LogP contribution is -2.36. The second-order valence-corrected chi connectivity index (χ2v) is 5.07. The lowest BCUT2D eigenvalue weighted by atomic mass is 9.89. The van der Waals surface area contributed by atoms with Crippen molar-refractivity contribution in [2.75, 3.05) is 6.54 Å². The Morgan fingerprint density at radius 3 is 2.89 bits per heavy atom. The molecule has 0 saturated carbocycles. The minimum Gasteiger partial charge on any atom is -0.490 e. The first kappa shape index (κ1) is 13.3. The van der Waals surface area contributed by atoms with E-state index in [1.54, 1.807) is 0 Å². The van der Waals surface area contributed by atoms with Crippen molar-refractivity contribution in [3.63, 3.8) is 0 Å². The zero-order chi connectivity index (χ0) is 13.1. The van der Waals surface area contributed by atoms with Crippen molar-refractivity contribution in [1.82, 2.24) is 5.32 Å². The number of rotatable bonds is 4. The summed E-state index contributed by atoms with van der Waals surface area (Å²) in [5, 5.41) is 3.47. The van der Waals surface area contributed by atoms with Gasteiger partial charge in [0.1, 0.15) is 17.7 Å². The van der Waals surface area contributed by atoms with Gasteiger partial charge in [-0.25, -0.2) is 4.39 Å². The van der Waals surface area contributed by atoms with Crippen LogP contribution in [0.3, 0.4) is 0 Å². The Morgan fingerprint density at radius 1 is 1.44 bits per heavy atom. The van der Waals surface area contributed by atoms with Crippen LogP contribution in [0.2, 0.25) is 0 Å². The predicted molar refractivity (Wildman–Crippen MR) is 71.3 cm³/mol. The maximum absolute atomic E-state index is 13.3. The van der Waals surface area contributed by atoms with Crippen molar-refractivity contribution in [3.8, 4) is 5.75 Å². The minimum absolute atomic E-state index is 0.174. The largest absolute Gasteiger partial charge is 0.490 e. The Balaban J connectivity index is 2.28. The Morgan fingerprint density at radius 2 is 2.22 bits per heavy atom. The minimum atomic E-state index is -0.228. The maximum atomic E-state index is 13.3. The molecule has 0 radical (unpaired) electrons.